The Bertz CT molecular complexity index is 860. The van der Waals surface area contributed by atoms with Crippen LogP contribution in [0.4, 0.5) is 0 Å². The lowest BCUT2D eigenvalue weighted by Crippen LogP contribution is -2.75. The molecule has 4 nitrogen and oxygen atoms in total. The lowest BCUT2D eigenvalue weighted by molar-refractivity contribution is -0.161. The van der Waals surface area contributed by atoms with Crippen LogP contribution in [0.1, 0.15) is 63.1 Å². The number of carbonyl (C=O) groups excluding carboxylic acids is 1. The van der Waals surface area contributed by atoms with Gasteiger partial charge < -0.3 is 9.47 Å². The minimum atomic E-state index is -0.362. The number of piperidine rings is 1. The number of likely N-dealkylation sites (N-methyl/N-ethyl adjacent to an activating group) is 1. The van der Waals surface area contributed by atoms with Crippen molar-refractivity contribution in [1.82, 2.24) is 4.90 Å². The van der Waals surface area contributed by atoms with Crippen LogP contribution in [-0.2, 0) is 10.2 Å². The number of benzene rings is 1. The maximum atomic E-state index is 13.1. The minimum Gasteiger partial charge on any atom is -0.493 e. The first-order chi connectivity index (χ1) is 12.7. The Morgan fingerprint density at radius 3 is 2.67 bits per heavy atom. The molecule has 2 heterocycles. The van der Waals surface area contributed by atoms with Gasteiger partial charge in [0.25, 0.3) is 0 Å². The Balaban J connectivity index is 1.92. The van der Waals surface area contributed by atoms with Crippen LogP contribution in [0.25, 0.3) is 0 Å². The third kappa shape index (κ3) is 1.69. The van der Waals surface area contributed by atoms with E-state index in [1.807, 2.05) is 0 Å². The van der Waals surface area contributed by atoms with Crippen molar-refractivity contribution in [3.8, 4) is 11.5 Å². The number of ether oxygens (including phenoxy) is 2. The zero-order valence-corrected chi connectivity index (χ0v) is 17.6. The number of methoxy groups -OCH3 is 1. The number of nitrogens with zero attached hydrogens (tertiary/aromatic N) is 1. The summed E-state index contributed by atoms with van der Waals surface area (Å²) >= 11 is 0. The predicted octanol–water partition coefficient (Wildman–Crippen LogP) is 3.83. The molecule has 1 saturated carbocycles. The summed E-state index contributed by atoms with van der Waals surface area (Å²) in [5, 5.41) is 0. The smallest absolute Gasteiger partial charge is 0.174 e. The number of ketones is 1. The molecule has 6 atom stereocenters. The van der Waals surface area contributed by atoms with Gasteiger partial charge in [-0.05, 0) is 63.1 Å². The van der Waals surface area contributed by atoms with Crippen LogP contribution in [0.3, 0.4) is 0 Å². The second-order valence-corrected chi connectivity index (χ2v) is 9.83. The summed E-state index contributed by atoms with van der Waals surface area (Å²) in [7, 11) is 4.00. The largest absolute Gasteiger partial charge is 0.493 e. The second kappa shape index (κ2) is 5.08. The molecule has 2 aliphatic carbocycles. The summed E-state index contributed by atoms with van der Waals surface area (Å²) in [6, 6.07) is 2.73. The average Bonchev–Trinajstić information content (AvgIpc) is 2.98. The van der Waals surface area contributed by atoms with Gasteiger partial charge in [0.2, 0.25) is 0 Å². The van der Waals surface area contributed by atoms with Crippen LogP contribution < -0.4 is 9.47 Å². The minimum absolute atomic E-state index is 0.00786. The van der Waals surface area contributed by atoms with Crippen LogP contribution >= 0.6 is 0 Å². The number of hydrogen-bond acceptors (Lipinski definition) is 4. The lowest BCUT2D eigenvalue weighted by Gasteiger charge is -2.67. The zero-order chi connectivity index (χ0) is 19.5. The number of likely N-dealkylation sites (tertiary alicyclic amines) is 1. The van der Waals surface area contributed by atoms with Gasteiger partial charge in [0.1, 0.15) is 0 Å². The van der Waals surface area contributed by atoms with E-state index < -0.39 is 0 Å². The second-order valence-electron chi connectivity index (χ2n) is 9.83. The van der Waals surface area contributed by atoms with E-state index in [0.717, 1.165) is 23.5 Å². The average molecular weight is 370 g/mol. The maximum absolute atomic E-state index is 13.1. The fraction of sp³-hybridized carbons (Fsp3) is 0.696. The summed E-state index contributed by atoms with van der Waals surface area (Å²) < 4.78 is 12.3. The van der Waals surface area contributed by atoms with Crippen molar-refractivity contribution in [1.29, 1.82) is 0 Å². The Morgan fingerprint density at radius 2 is 2.00 bits per heavy atom. The molecular formula is C23H31NO3. The SMILES string of the molecule is COc1c(C)cc2c3c1O[C@H]1C(=O)CC[C@H]4[C@@H](C2C)N(C)C(C)(C)C(C)[C@]314. The van der Waals surface area contributed by atoms with Crippen molar-refractivity contribution in [2.24, 2.45) is 11.8 Å². The highest BCUT2D eigenvalue weighted by Gasteiger charge is 2.72. The van der Waals surface area contributed by atoms with Gasteiger partial charge in [0.15, 0.2) is 23.4 Å². The molecule has 5 rings (SSSR count). The summed E-state index contributed by atoms with van der Waals surface area (Å²) in [6.07, 6.45) is 1.23. The molecule has 2 bridgehead atoms. The molecule has 4 heteroatoms. The van der Waals surface area contributed by atoms with Gasteiger partial charge in [-0.15, -0.1) is 0 Å². The van der Waals surface area contributed by atoms with Gasteiger partial charge in [-0.3, -0.25) is 9.69 Å². The quantitative estimate of drug-likeness (QED) is 0.754. The molecule has 2 unspecified atom stereocenters. The number of rotatable bonds is 1. The molecule has 27 heavy (non-hydrogen) atoms. The van der Waals surface area contributed by atoms with Crippen molar-refractivity contribution < 1.29 is 14.3 Å². The van der Waals surface area contributed by atoms with Gasteiger partial charge >= 0.3 is 0 Å². The first-order valence-corrected chi connectivity index (χ1v) is 10.3. The normalized spacial score (nSPS) is 41.1. The fourth-order valence-electron chi connectivity index (χ4n) is 7.32. The molecule has 1 spiro atoms. The van der Waals surface area contributed by atoms with Crippen molar-refractivity contribution >= 4 is 5.78 Å². The monoisotopic (exact) mass is 369 g/mol. The summed E-state index contributed by atoms with van der Waals surface area (Å²) in [5.41, 5.74) is 3.54. The van der Waals surface area contributed by atoms with Gasteiger partial charge in [0.05, 0.1) is 12.5 Å². The lowest BCUT2D eigenvalue weighted by atomic mass is 9.43. The molecule has 0 radical (unpaired) electrons. The van der Waals surface area contributed by atoms with Gasteiger partial charge in [-0.25, -0.2) is 0 Å². The van der Waals surface area contributed by atoms with Crippen molar-refractivity contribution in [2.45, 2.75) is 76.5 Å². The van der Waals surface area contributed by atoms with Crippen LogP contribution in [-0.4, -0.2) is 42.5 Å². The highest BCUT2D eigenvalue weighted by Crippen LogP contribution is 2.69. The van der Waals surface area contributed by atoms with Crippen LogP contribution in [0, 0.1) is 18.8 Å². The maximum Gasteiger partial charge on any atom is 0.174 e. The predicted molar refractivity (Wildman–Crippen MR) is 105 cm³/mol. The number of Topliss-reactive ketones (excluding diaryl/α,β-unsaturated/α-hetero) is 1. The highest BCUT2D eigenvalue weighted by molar-refractivity contribution is 5.89. The molecule has 1 aromatic rings. The summed E-state index contributed by atoms with van der Waals surface area (Å²) in [6.45, 7) is 11.5. The molecule has 4 aliphatic rings. The Morgan fingerprint density at radius 1 is 1.30 bits per heavy atom. The van der Waals surface area contributed by atoms with E-state index in [2.05, 4.69) is 52.6 Å². The first-order valence-electron chi connectivity index (χ1n) is 10.3. The molecule has 0 amide bonds. The molecular weight excluding hydrogens is 338 g/mol. The van der Waals surface area contributed by atoms with E-state index >= 15 is 0 Å². The van der Waals surface area contributed by atoms with Crippen molar-refractivity contribution in [2.75, 3.05) is 14.2 Å². The molecule has 1 aromatic carbocycles. The van der Waals surface area contributed by atoms with Crippen LogP contribution in [0.5, 0.6) is 11.5 Å². The highest BCUT2D eigenvalue weighted by atomic mass is 16.5. The van der Waals surface area contributed by atoms with E-state index in [-0.39, 0.29) is 22.8 Å². The molecule has 146 valence electrons. The van der Waals surface area contributed by atoms with Gasteiger partial charge in [-0.1, -0.05) is 19.9 Å². The molecule has 2 fully saturated rings. The van der Waals surface area contributed by atoms with Crippen LogP contribution in [0.15, 0.2) is 6.07 Å². The summed E-state index contributed by atoms with van der Waals surface area (Å²) in [5.74, 6) is 3.12. The summed E-state index contributed by atoms with van der Waals surface area (Å²) in [4.78, 5) is 15.7. The first kappa shape index (κ1) is 17.5. The number of hydrogen-bond donors (Lipinski definition) is 0. The van der Waals surface area contributed by atoms with E-state index in [1.54, 1.807) is 7.11 Å². The Labute approximate surface area is 162 Å². The van der Waals surface area contributed by atoms with E-state index in [0.29, 0.717) is 30.2 Å². The van der Waals surface area contributed by atoms with Gasteiger partial charge in [-0.2, -0.15) is 0 Å². The number of aryl methyl sites for hydroxylation is 1. The molecule has 0 aromatic heterocycles. The standard InChI is InChI=1S/C23H31NO3/c1-11-10-14-12(2)18-15-8-9-16(25)21-23(15,13(3)22(4,5)24(18)6)17(14)20(27-21)19(11)26-7/h10,12-13,15,18,21H,8-9H2,1-7H3/t12?,13?,15-,18+,21-,23-/m0/s1. The topological polar surface area (TPSA) is 38.8 Å². The fourth-order valence-corrected chi connectivity index (χ4v) is 7.32. The molecule has 0 N–H and O–H groups in total. The van der Waals surface area contributed by atoms with Gasteiger partial charge in [0, 0.05) is 23.6 Å². The van der Waals surface area contributed by atoms with Crippen LogP contribution in [0.2, 0.25) is 0 Å². The molecule has 1 saturated heterocycles. The third-order valence-corrected chi connectivity index (χ3v) is 8.91. The third-order valence-electron chi connectivity index (χ3n) is 8.91. The Kier molecular flexibility index (Phi) is 3.30. The van der Waals surface area contributed by atoms with E-state index in [4.69, 9.17) is 9.47 Å². The van der Waals surface area contributed by atoms with Crippen molar-refractivity contribution in [3.63, 3.8) is 0 Å². The molecule has 2 aliphatic heterocycles. The zero-order valence-electron chi connectivity index (χ0n) is 17.6. The van der Waals surface area contributed by atoms with E-state index in [1.165, 1.54) is 11.1 Å². The number of carbonyl (C=O) groups is 1. The van der Waals surface area contributed by atoms with E-state index in [9.17, 15) is 4.79 Å². The van der Waals surface area contributed by atoms with Crippen molar-refractivity contribution in [3.05, 3.63) is 22.8 Å². The Hall–Kier alpha value is -1.55.